The fourth-order valence-corrected chi connectivity index (χ4v) is 1.39. The smallest absolute Gasteiger partial charge is 0.272 e. The molecular formula is C14H13N3O2. The van der Waals surface area contributed by atoms with Crippen LogP contribution in [0.5, 0.6) is 5.75 Å². The molecule has 5 nitrogen and oxygen atoms in total. The minimum Gasteiger partial charge on any atom is -0.508 e. The number of nitrogens with zero attached hydrogens (tertiary/aromatic N) is 2. The van der Waals surface area contributed by atoms with Crippen LogP contribution in [0.1, 0.15) is 21.6 Å². The van der Waals surface area contributed by atoms with Crippen LogP contribution in [0.15, 0.2) is 47.7 Å². The second-order valence-corrected chi connectivity index (χ2v) is 3.98. The molecule has 19 heavy (non-hydrogen) atoms. The van der Waals surface area contributed by atoms with Gasteiger partial charge in [0.15, 0.2) is 0 Å². The predicted octanol–water partition coefficient (Wildman–Crippen LogP) is 1.86. The molecule has 0 aliphatic rings. The lowest BCUT2D eigenvalue weighted by molar-refractivity contribution is 0.0955. The van der Waals surface area contributed by atoms with E-state index in [1.165, 1.54) is 12.4 Å². The topological polar surface area (TPSA) is 74.6 Å². The standard InChI is InChI=1S/C14H13N3O2/c1-10-2-5-12(9-15-10)14(19)17-16-8-11-3-6-13(18)7-4-11/h2-9,18H,1H3,(H,17,19). The summed E-state index contributed by atoms with van der Waals surface area (Å²) in [6.07, 6.45) is 3.00. The third kappa shape index (κ3) is 3.64. The van der Waals surface area contributed by atoms with Gasteiger partial charge in [0.1, 0.15) is 5.75 Å². The summed E-state index contributed by atoms with van der Waals surface area (Å²) in [5.41, 5.74) is 4.49. The molecule has 1 aromatic carbocycles. The van der Waals surface area contributed by atoms with Gasteiger partial charge in [0.2, 0.25) is 0 Å². The number of carbonyl (C=O) groups is 1. The molecule has 96 valence electrons. The molecular weight excluding hydrogens is 242 g/mol. The van der Waals surface area contributed by atoms with Crippen LogP contribution in [-0.4, -0.2) is 22.2 Å². The number of aromatic hydroxyl groups is 1. The van der Waals surface area contributed by atoms with E-state index < -0.39 is 0 Å². The number of amides is 1. The second kappa shape index (κ2) is 5.77. The fraction of sp³-hybridized carbons (Fsp3) is 0.0714. The van der Waals surface area contributed by atoms with Crippen LogP contribution in [0.2, 0.25) is 0 Å². The van der Waals surface area contributed by atoms with E-state index in [-0.39, 0.29) is 11.7 Å². The van der Waals surface area contributed by atoms with Crippen molar-refractivity contribution in [1.82, 2.24) is 10.4 Å². The number of pyridine rings is 1. The van der Waals surface area contributed by atoms with Gasteiger partial charge in [-0.25, -0.2) is 5.43 Å². The van der Waals surface area contributed by atoms with Gasteiger partial charge in [-0.3, -0.25) is 9.78 Å². The number of benzene rings is 1. The number of hydrogen-bond donors (Lipinski definition) is 2. The van der Waals surface area contributed by atoms with Crippen molar-refractivity contribution in [2.45, 2.75) is 6.92 Å². The summed E-state index contributed by atoms with van der Waals surface area (Å²) in [5, 5.41) is 13.0. The fourth-order valence-electron chi connectivity index (χ4n) is 1.39. The van der Waals surface area contributed by atoms with Gasteiger partial charge in [-0.15, -0.1) is 0 Å². The maximum Gasteiger partial charge on any atom is 0.272 e. The Bertz CT molecular complexity index is 589. The highest BCUT2D eigenvalue weighted by atomic mass is 16.3. The number of carbonyl (C=O) groups excluding carboxylic acids is 1. The number of rotatable bonds is 3. The molecule has 5 heteroatoms. The molecule has 2 rings (SSSR count). The van der Waals surface area contributed by atoms with Crippen LogP contribution in [-0.2, 0) is 0 Å². The summed E-state index contributed by atoms with van der Waals surface area (Å²) < 4.78 is 0. The lowest BCUT2D eigenvalue weighted by atomic mass is 10.2. The van der Waals surface area contributed by atoms with E-state index in [1.54, 1.807) is 36.4 Å². The Labute approximate surface area is 110 Å². The molecule has 1 amide bonds. The SMILES string of the molecule is Cc1ccc(C(=O)NN=Cc2ccc(O)cc2)cn1. The van der Waals surface area contributed by atoms with Gasteiger partial charge in [-0.05, 0) is 48.9 Å². The molecule has 1 aromatic heterocycles. The second-order valence-electron chi connectivity index (χ2n) is 3.98. The normalized spacial score (nSPS) is 10.6. The number of aromatic nitrogens is 1. The van der Waals surface area contributed by atoms with Gasteiger partial charge in [0, 0.05) is 11.9 Å². The average Bonchev–Trinajstić information content (AvgIpc) is 2.41. The van der Waals surface area contributed by atoms with Crippen molar-refractivity contribution in [3.63, 3.8) is 0 Å². The maximum atomic E-state index is 11.7. The van der Waals surface area contributed by atoms with Crippen LogP contribution in [0.4, 0.5) is 0 Å². The molecule has 2 N–H and O–H groups in total. The first-order chi connectivity index (χ1) is 9.15. The number of hydrazone groups is 1. The summed E-state index contributed by atoms with van der Waals surface area (Å²) in [4.78, 5) is 15.7. The third-order valence-electron chi connectivity index (χ3n) is 2.45. The molecule has 0 bridgehead atoms. The Kier molecular flexibility index (Phi) is 3.87. The summed E-state index contributed by atoms with van der Waals surface area (Å²) in [6.45, 7) is 1.85. The molecule has 0 aliphatic heterocycles. The van der Waals surface area contributed by atoms with Crippen molar-refractivity contribution in [3.05, 3.63) is 59.4 Å². The maximum absolute atomic E-state index is 11.7. The highest BCUT2D eigenvalue weighted by Gasteiger charge is 2.03. The first-order valence-corrected chi connectivity index (χ1v) is 5.70. The average molecular weight is 255 g/mol. The predicted molar refractivity (Wildman–Crippen MR) is 72.1 cm³/mol. The Balaban J connectivity index is 1.96. The highest BCUT2D eigenvalue weighted by molar-refractivity contribution is 5.94. The third-order valence-corrected chi connectivity index (χ3v) is 2.45. The van der Waals surface area contributed by atoms with Gasteiger partial charge < -0.3 is 5.11 Å². The zero-order chi connectivity index (χ0) is 13.7. The van der Waals surface area contributed by atoms with Crippen molar-refractivity contribution in [2.75, 3.05) is 0 Å². The number of phenols is 1. The van der Waals surface area contributed by atoms with Gasteiger partial charge >= 0.3 is 0 Å². The molecule has 0 aliphatic carbocycles. The van der Waals surface area contributed by atoms with Gasteiger partial charge in [-0.2, -0.15) is 5.10 Å². The molecule has 1 heterocycles. The van der Waals surface area contributed by atoms with Crippen LogP contribution >= 0.6 is 0 Å². The van der Waals surface area contributed by atoms with E-state index in [1.807, 2.05) is 6.92 Å². The number of aryl methyl sites for hydroxylation is 1. The van der Waals surface area contributed by atoms with Gasteiger partial charge in [0.25, 0.3) is 5.91 Å². The van der Waals surface area contributed by atoms with Crippen LogP contribution < -0.4 is 5.43 Å². The molecule has 0 saturated carbocycles. The van der Waals surface area contributed by atoms with Crippen molar-refractivity contribution in [2.24, 2.45) is 5.10 Å². The summed E-state index contributed by atoms with van der Waals surface area (Å²) >= 11 is 0. The van der Waals surface area contributed by atoms with E-state index in [9.17, 15) is 4.79 Å². The van der Waals surface area contributed by atoms with E-state index in [4.69, 9.17) is 5.11 Å². The number of nitrogens with one attached hydrogen (secondary N) is 1. The minimum absolute atomic E-state index is 0.187. The van der Waals surface area contributed by atoms with Crippen molar-refractivity contribution in [1.29, 1.82) is 0 Å². The molecule has 0 unspecified atom stereocenters. The first kappa shape index (κ1) is 12.8. The van der Waals surface area contributed by atoms with Crippen LogP contribution in [0.3, 0.4) is 0 Å². The van der Waals surface area contributed by atoms with E-state index in [0.29, 0.717) is 5.56 Å². The Morgan fingerprint density at radius 2 is 2.00 bits per heavy atom. The van der Waals surface area contributed by atoms with Crippen molar-refractivity contribution < 1.29 is 9.90 Å². The molecule has 0 atom stereocenters. The van der Waals surface area contributed by atoms with E-state index in [2.05, 4.69) is 15.5 Å². The Morgan fingerprint density at radius 1 is 1.26 bits per heavy atom. The minimum atomic E-state index is -0.317. The van der Waals surface area contributed by atoms with Gasteiger partial charge in [-0.1, -0.05) is 0 Å². The summed E-state index contributed by atoms with van der Waals surface area (Å²) in [7, 11) is 0. The largest absolute Gasteiger partial charge is 0.508 e. The van der Waals surface area contributed by atoms with Crippen molar-refractivity contribution in [3.8, 4) is 5.75 Å². The van der Waals surface area contributed by atoms with Crippen LogP contribution in [0.25, 0.3) is 0 Å². The number of hydrogen-bond acceptors (Lipinski definition) is 4. The van der Waals surface area contributed by atoms with E-state index in [0.717, 1.165) is 11.3 Å². The van der Waals surface area contributed by atoms with Gasteiger partial charge in [0.05, 0.1) is 11.8 Å². The highest BCUT2D eigenvalue weighted by Crippen LogP contribution is 2.07. The quantitative estimate of drug-likeness (QED) is 0.649. The molecule has 0 fully saturated rings. The summed E-state index contributed by atoms with van der Waals surface area (Å²) in [5.74, 6) is -0.130. The Hall–Kier alpha value is -2.69. The molecule has 0 radical (unpaired) electrons. The Morgan fingerprint density at radius 3 is 2.63 bits per heavy atom. The molecule has 0 spiro atoms. The lowest BCUT2D eigenvalue weighted by Gasteiger charge is -1.99. The monoisotopic (exact) mass is 255 g/mol. The zero-order valence-electron chi connectivity index (χ0n) is 10.4. The lowest BCUT2D eigenvalue weighted by Crippen LogP contribution is -2.17. The van der Waals surface area contributed by atoms with Crippen molar-refractivity contribution >= 4 is 12.1 Å². The molecule has 0 saturated heterocycles. The van der Waals surface area contributed by atoms with Crippen LogP contribution in [0, 0.1) is 6.92 Å². The van der Waals surface area contributed by atoms with E-state index >= 15 is 0 Å². The first-order valence-electron chi connectivity index (χ1n) is 5.70. The number of phenolic OH excluding ortho intramolecular Hbond substituents is 1. The molecule has 2 aromatic rings. The zero-order valence-corrected chi connectivity index (χ0v) is 10.4. The summed E-state index contributed by atoms with van der Waals surface area (Å²) in [6, 6.07) is 9.93.